The van der Waals surface area contributed by atoms with Gasteiger partial charge in [-0.25, -0.2) is 0 Å². The van der Waals surface area contributed by atoms with Crippen molar-refractivity contribution in [2.24, 2.45) is 5.92 Å². The Morgan fingerprint density at radius 1 is 1.22 bits per heavy atom. The van der Waals surface area contributed by atoms with Crippen LogP contribution in [0, 0.1) is 5.92 Å². The molecule has 1 aromatic rings. The van der Waals surface area contributed by atoms with E-state index in [0.717, 1.165) is 51.0 Å². The van der Waals surface area contributed by atoms with Crippen molar-refractivity contribution >= 4 is 18.3 Å². The van der Waals surface area contributed by atoms with E-state index in [0.29, 0.717) is 12.1 Å². The molecular formula is C17H26ClN3O2. The number of nitrogens with zero attached hydrogens (tertiary/aromatic N) is 1. The number of halogens is 1. The molecular weight excluding hydrogens is 314 g/mol. The molecule has 0 atom stereocenters. The van der Waals surface area contributed by atoms with Crippen molar-refractivity contribution in [1.82, 2.24) is 15.5 Å². The normalized spacial score (nSPS) is 18.1. The first-order chi connectivity index (χ1) is 10.8. The van der Waals surface area contributed by atoms with Gasteiger partial charge in [-0.3, -0.25) is 9.69 Å². The highest BCUT2D eigenvalue weighted by atomic mass is 35.5. The summed E-state index contributed by atoms with van der Waals surface area (Å²) in [7, 11) is 0. The second-order valence-corrected chi connectivity index (χ2v) is 6.13. The van der Waals surface area contributed by atoms with E-state index in [1.807, 2.05) is 24.3 Å². The number of piperazine rings is 1. The molecule has 5 nitrogen and oxygen atoms in total. The lowest BCUT2D eigenvalue weighted by Crippen LogP contribution is -2.46. The molecule has 1 saturated heterocycles. The van der Waals surface area contributed by atoms with Gasteiger partial charge in [0.1, 0.15) is 5.75 Å². The van der Waals surface area contributed by atoms with Crippen LogP contribution >= 0.6 is 12.4 Å². The quantitative estimate of drug-likeness (QED) is 0.791. The highest BCUT2D eigenvalue weighted by molar-refractivity contribution is 5.94. The maximum atomic E-state index is 12.1. The van der Waals surface area contributed by atoms with E-state index < -0.39 is 0 Å². The summed E-state index contributed by atoms with van der Waals surface area (Å²) in [6.07, 6.45) is 2.57. The third kappa shape index (κ3) is 6.01. The number of amides is 1. The van der Waals surface area contributed by atoms with Crippen molar-refractivity contribution in [2.45, 2.75) is 12.8 Å². The van der Waals surface area contributed by atoms with Crippen LogP contribution in [0.25, 0.3) is 0 Å². The lowest BCUT2D eigenvalue weighted by atomic mass is 10.2. The molecule has 6 heteroatoms. The molecule has 0 aromatic heterocycles. The number of carbonyl (C=O) groups is 1. The monoisotopic (exact) mass is 339 g/mol. The summed E-state index contributed by atoms with van der Waals surface area (Å²) in [4.78, 5) is 14.5. The molecule has 23 heavy (non-hydrogen) atoms. The van der Waals surface area contributed by atoms with E-state index in [9.17, 15) is 4.79 Å². The fraction of sp³-hybridized carbons (Fsp3) is 0.588. The van der Waals surface area contributed by atoms with Gasteiger partial charge in [-0.15, -0.1) is 12.4 Å². The molecule has 1 aromatic carbocycles. The van der Waals surface area contributed by atoms with Crippen LogP contribution in [0.2, 0.25) is 0 Å². The first-order valence-electron chi connectivity index (χ1n) is 8.25. The average molecular weight is 340 g/mol. The molecule has 1 amide bonds. The Bertz CT molecular complexity index is 485. The maximum absolute atomic E-state index is 12.1. The predicted octanol–water partition coefficient (Wildman–Crippen LogP) is 1.53. The summed E-state index contributed by atoms with van der Waals surface area (Å²) < 4.78 is 5.68. The third-order valence-electron chi connectivity index (χ3n) is 4.22. The minimum atomic E-state index is -0.0103. The van der Waals surface area contributed by atoms with Crippen LogP contribution in [-0.2, 0) is 0 Å². The van der Waals surface area contributed by atoms with Crippen LogP contribution < -0.4 is 15.4 Å². The van der Waals surface area contributed by atoms with Crippen molar-refractivity contribution in [1.29, 1.82) is 0 Å². The highest BCUT2D eigenvalue weighted by Gasteiger charge is 2.21. The third-order valence-corrected chi connectivity index (χ3v) is 4.22. The van der Waals surface area contributed by atoms with Gasteiger partial charge in [0.25, 0.3) is 5.91 Å². The van der Waals surface area contributed by atoms with E-state index in [-0.39, 0.29) is 18.3 Å². The largest absolute Gasteiger partial charge is 0.493 e. The molecule has 0 unspecified atom stereocenters. The van der Waals surface area contributed by atoms with Gasteiger partial charge < -0.3 is 15.4 Å². The molecule has 1 aliphatic carbocycles. The lowest BCUT2D eigenvalue weighted by molar-refractivity contribution is 0.0947. The van der Waals surface area contributed by atoms with Crippen LogP contribution in [-0.4, -0.2) is 56.7 Å². The van der Waals surface area contributed by atoms with Crippen LogP contribution in [0.15, 0.2) is 24.3 Å². The zero-order chi connectivity index (χ0) is 15.2. The highest BCUT2D eigenvalue weighted by Crippen LogP contribution is 2.29. The van der Waals surface area contributed by atoms with E-state index in [1.165, 1.54) is 12.8 Å². The second kappa shape index (κ2) is 9.11. The van der Waals surface area contributed by atoms with Crippen molar-refractivity contribution in [2.75, 3.05) is 45.9 Å². The van der Waals surface area contributed by atoms with Gasteiger partial charge in [0, 0.05) is 44.8 Å². The fourth-order valence-corrected chi connectivity index (χ4v) is 2.57. The molecule has 2 N–H and O–H groups in total. The molecule has 3 rings (SSSR count). The molecule has 128 valence electrons. The van der Waals surface area contributed by atoms with E-state index in [2.05, 4.69) is 15.5 Å². The predicted molar refractivity (Wildman–Crippen MR) is 93.6 cm³/mol. The Kier molecular flexibility index (Phi) is 7.15. The van der Waals surface area contributed by atoms with Gasteiger partial charge >= 0.3 is 0 Å². The van der Waals surface area contributed by atoms with Gasteiger partial charge in [-0.1, -0.05) is 0 Å². The lowest BCUT2D eigenvalue weighted by Gasteiger charge is -2.27. The Hall–Kier alpha value is -1.30. The zero-order valence-electron chi connectivity index (χ0n) is 13.4. The molecule has 2 fully saturated rings. The Labute approximate surface area is 144 Å². The van der Waals surface area contributed by atoms with E-state index >= 15 is 0 Å². The Balaban J connectivity index is 0.00000192. The maximum Gasteiger partial charge on any atom is 0.251 e. The first kappa shape index (κ1) is 18.0. The van der Waals surface area contributed by atoms with E-state index in [4.69, 9.17) is 4.74 Å². The molecule has 0 radical (unpaired) electrons. The minimum absolute atomic E-state index is 0. The van der Waals surface area contributed by atoms with Gasteiger partial charge in [0.2, 0.25) is 0 Å². The van der Waals surface area contributed by atoms with E-state index in [1.54, 1.807) is 0 Å². The Morgan fingerprint density at radius 3 is 2.57 bits per heavy atom. The SMILES string of the molecule is Cl.O=C(NCCN1CCNCC1)c1ccc(OCC2CC2)cc1. The summed E-state index contributed by atoms with van der Waals surface area (Å²) >= 11 is 0. The number of carbonyl (C=O) groups excluding carboxylic acids is 1. The van der Waals surface area contributed by atoms with Crippen molar-refractivity contribution in [3.8, 4) is 5.75 Å². The zero-order valence-corrected chi connectivity index (χ0v) is 14.2. The Morgan fingerprint density at radius 2 is 1.91 bits per heavy atom. The summed E-state index contributed by atoms with van der Waals surface area (Å²) in [6.45, 7) is 6.60. The topological polar surface area (TPSA) is 53.6 Å². The first-order valence-corrected chi connectivity index (χ1v) is 8.25. The number of hydrogen-bond donors (Lipinski definition) is 2. The summed E-state index contributed by atoms with van der Waals surface area (Å²) in [6, 6.07) is 7.44. The van der Waals surface area contributed by atoms with Gasteiger partial charge in [-0.05, 0) is 43.0 Å². The van der Waals surface area contributed by atoms with Crippen LogP contribution in [0.1, 0.15) is 23.2 Å². The smallest absolute Gasteiger partial charge is 0.251 e. The number of rotatable bonds is 7. The molecule has 2 aliphatic rings. The molecule has 0 spiro atoms. The summed E-state index contributed by atoms with van der Waals surface area (Å²) in [5.41, 5.74) is 0.694. The van der Waals surface area contributed by atoms with Gasteiger partial charge in [0.15, 0.2) is 0 Å². The van der Waals surface area contributed by atoms with Crippen molar-refractivity contribution in [3.05, 3.63) is 29.8 Å². The number of ether oxygens (including phenoxy) is 1. The summed E-state index contributed by atoms with van der Waals surface area (Å²) in [5, 5.41) is 6.31. The van der Waals surface area contributed by atoms with Crippen LogP contribution in [0.4, 0.5) is 0 Å². The fourth-order valence-electron chi connectivity index (χ4n) is 2.57. The molecule has 1 aliphatic heterocycles. The second-order valence-electron chi connectivity index (χ2n) is 6.13. The molecule has 1 heterocycles. The van der Waals surface area contributed by atoms with Crippen LogP contribution in [0.5, 0.6) is 5.75 Å². The van der Waals surface area contributed by atoms with Crippen LogP contribution in [0.3, 0.4) is 0 Å². The average Bonchev–Trinajstić information content (AvgIpc) is 3.39. The molecule has 1 saturated carbocycles. The van der Waals surface area contributed by atoms with Gasteiger partial charge in [0.05, 0.1) is 6.61 Å². The van der Waals surface area contributed by atoms with Gasteiger partial charge in [-0.2, -0.15) is 0 Å². The number of benzene rings is 1. The number of hydrogen-bond acceptors (Lipinski definition) is 4. The standard InChI is InChI=1S/C17H25N3O2.ClH/c21-17(19-9-12-20-10-7-18-8-11-20)15-3-5-16(6-4-15)22-13-14-1-2-14;/h3-6,14,18H,1-2,7-13H2,(H,19,21);1H. The molecule has 0 bridgehead atoms. The number of nitrogens with one attached hydrogen (secondary N) is 2. The van der Waals surface area contributed by atoms with Crippen molar-refractivity contribution in [3.63, 3.8) is 0 Å². The van der Waals surface area contributed by atoms with Crippen molar-refractivity contribution < 1.29 is 9.53 Å². The minimum Gasteiger partial charge on any atom is -0.493 e. The summed E-state index contributed by atoms with van der Waals surface area (Å²) in [5.74, 6) is 1.58.